The lowest BCUT2D eigenvalue weighted by atomic mass is 9.87. The van der Waals surface area contributed by atoms with E-state index >= 15 is 0 Å². The standard InChI is InChI=1S/C23H29N3O4/c1-29-13-18-17(16-4-3-9-24-11-16)10-19(26-23(18)25-14-27)22-20(28)5-2-6-21(22)30-12-15-7-8-15/h2,5-6,10,14-16,24,28H,3-4,7-9,11-13H2,1H3,(H,25,26,27)/t16-/m1/s1. The first kappa shape index (κ1) is 20.6. The average molecular weight is 412 g/mol. The van der Waals surface area contributed by atoms with Gasteiger partial charge in [-0.2, -0.15) is 0 Å². The normalized spacial score (nSPS) is 18.8. The number of aromatic nitrogens is 1. The molecular formula is C23H29N3O4. The molecule has 0 radical (unpaired) electrons. The van der Waals surface area contributed by atoms with Crippen LogP contribution in [0.3, 0.4) is 0 Å². The summed E-state index contributed by atoms with van der Waals surface area (Å²) in [6, 6.07) is 7.29. The SMILES string of the molecule is COCc1c([C@@H]2CCCNC2)cc(-c2c(O)cccc2OCC2CC2)nc1NC=O. The number of phenols is 1. The summed E-state index contributed by atoms with van der Waals surface area (Å²) >= 11 is 0. The van der Waals surface area contributed by atoms with Crippen LogP contribution in [0.25, 0.3) is 11.3 Å². The molecule has 1 amide bonds. The number of amides is 1. The Balaban J connectivity index is 1.81. The second-order valence-electron chi connectivity index (χ2n) is 8.07. The van der Waals surface area contributed by atoms with Crippen molar-refractivity contribution < 1.29 is 19.4 Å². The highest BCUT2D eigenvalue weighted by Crippen LogP contribution is 2.41. The molecule has 1 aromatic carbocycles. The minimum absolute atomic E-state index is 0.111. The second kappa shape index (κ2) is 9.45. The Labute approximate surface area is 176 Å². The third-order valence-corrected chi connectivity index (χ3v) is 5.81. The number of hydrogen-bond donors (Lipinski definition) is 3. The van der Waals surface area contributed by atoms with Crippen molar-refractivity contribution in [3.8, 4) is 22.8 Å². The van der Waals surface area contributed by atoms with Crippen LogP contribution in [0.5, 0.6) is 11.5 Å². The van der Waals surface area contributed by atoms with Crippen molar-refractivity contribution in [3.05, 3.63) is 35.4 Å². The van der Waals surface area contributed by atoms with Crippen molar-refractivity contribution in [3.63, 3.8) is 0 Å². The number of aromatic hydroxyl groups is 1. The van der Waals surface area contributed by atoms with Crippen LogP contribution in [0.2, 0.25) is 0 Å². The lowest BCUT2D eigenvalue weighted by Gasteiger charge is -2.27. The van der Waals surface area contributed by atoms with E-state index < -0.39 is 0 Å². The van der Waals surface area contributed by atoms with Gasteiger partial charge in [-0.05, 0) is 67.8 Å². The van der Waals surface area contributed by atoms with Gasteiger partial charge in [-0.25, -0.2) is 4.98 Å². The van der Waals surface area contributed by atoms with Crippen LogP contribution in [-0.2, 0) is 16.1 Å². The third kappa shape index (κ3) is 4.57. The molecule has 0 bridgehead atoms. The summed E-state index contributed by atoms with van der Waals surface area (Å²) in [5.41, 5.74) is 3.09. The maximum atomic E-state index is 11.3. The van der Waals surface area contributed by atoms with Gasteiger partial charge in [0, 0.05) is 19.2 Å². The van der Waals surface area contributed by atoms with E-state index in [4.69, 9.17) is 9.47 Å². The van der Waals surface area contributed by atoms with Gasteiger partial charge >= 0.3 is 0 Å². The Morgan fingerprint density at radius 2 is 2.20 bits per heavy atom. The molecule has 0 unspecified atom stereocenters. The molecule has 1 aliphatic carbocycles. The maximum Gasteiger partial charge on any atom is 0.212 e. The van der Waals surface area contributed by atoms with Crippen molar-refractivity contribution in [2.24, 2.45) is 5.92 Å². The van der Waals surface area contributed by atoms with Crippen LogP contribution < -0.4 is 15.4 Å². The molecule has 160 valence electrons. The first-order valence-electron chi connectivity index (χ1n) is 10.6. The first-order chi connectivity index (χ1) is 14.7. The predicted molar refractivity (Wildman–Crippen MR) is 115 cm³/mol. The van der Waals surface area contributed by atoms with Gasteiger partial charge in [-0.1, -0.05) is 6.07 Å². The molecule has 1 aliphatic heterocycles. The third-order valence-electron chi connectivity index (χ3n) is 5.81. The number of hydrogen-bond acceptors (Lipinski definition) is 6. The summed E-state index contributed by atoms with van der Waals surface area (Å²) in [7, 11) is 1.63. The maximum absolute atomic E-state index is 11.3. The number of rotatable bonds is 9. The van der Waals surface area contributed by atoms with E-state index in [1.54, 1.807) is 19.2 Å². The molecule has 2 fully saturated rings. The van der Waals surface area contributed by atoms with Gasteiger partial charge in [0.1, 0.15) is 17.3 Å². The zero-order valence-corrected chi connectivity index (χ0v) is 17.3. The van der Waals surface area contributed by atoms with Gasteiger partial charge in [0.25, 0.3) is 0 Å². The van der Waals surface area contributed by atoms with E-state index in [1.165, 1.54) is 12.8 Å². The molecule has 2 heterocycles. The molecule has 3 N–H and O–H groups in total. The van der Waals surface area contributed by atoms with Gasteiger partial charge in [0.15, 0.2) is 0 Å². The van der Waals surface area contributed by atoms with Crippen LogP contribution in [0.15, 0.2) is 24.3 Å². The summed E-state index contributed by atoms with van der Waals surface area (Å²) < 4.78 is 11.5. The van der Waals surface area contributed by atoms with Crippen molar-refractivity contribution in [1.29, 1.82) is 0 Å². The highest BCUT2D eigenvalue weighted by atomic mass is 16.5. The number of methoxy groups -OCH3 is 1. The summed E-state index contributed by atoms with van der Waals surface area (Å²) in [5, 5.41) is 16.9. The minimum atomic E-state index is 0.111. The fourth-order valence-corrected chi connectivity index (χ4v) is 4.06. The van der Waals surface area contributed by atoms with E-state index in [0.717, 1.165) is 37.1 Å². The van der Waals surface area contributed by atoms with E-state index in [9.17, 15) is 9.90 Å². The number of phenolic OH excluding ortho intramolecular Hbond substituents is 1. The first-order valence-corrected chi connectivity index (χ1v) is 10.6. The lowest BCUT2D eigenvalue weighted by Crippen LogP contribution is -2.29. The van der Waals surface area contributed by atoms with Gasteiger partial charge in [0.05, 0.1) is 24.5 Å². The molecule has 1 saturated heterocycles. The fraction of sp³-hybridized carbons (Fsp3) is 0.478. The number of ether oxygens (including phenoxy) is 2. The van der Waals surface area contributed by atoms with Gasteiger partial charge < -0.3 is 25.2 Å². The van der Waals surface area contributed by atoms with Gasteiger partial charge in [-0.3, -0.25) is 4.79 Å². The van der Waals surface area contributed by atoms with Crippen LogP contribution in [0, 0.1) is 5.92 Å². The molecule has 2 aliphatic rings. The number of carbonyl (C=O) groups excluding carboxylic acids is 1. The van der Waals surface area contributed by atoms with Crippen molar-refractivity contribution in [2.45, 2.75) is 38.2 Å². The smallest absolute Gasteiger partial charge is 0.212 e. The molecule has 7 nitrogen and oxygen atoms in total. The molecular weight excluding hydrogens is 382 g/mol. The van der Waals surface area contributed by atoms with Crippen molar-refractivity contribution in [2.75, 3.05) is 32.1 Å². The zero-order chi connectivity index (χ0) is 20.9. The number of pyridine rings is 1. The van der Waals surface area contributed by atoms with Crippen LogP contribution >= 0.6 is 0 Å². The molecule has 0 spiro atoms. The summed E-state index contributed by atoms with van der Waals surface area (Å²) in [6.45, 7) is 2.84. The predicted octanol–water partition coefficient (Wildman–Crippen LogP) is 3.42. The molecule has 1 aromatic heterocycles. The highest BCUT2D eigenvalue weighted by Gasteiger charge is 2.26. The van der Waals surface area contributed by atoms with Gasteiger partial charge in [-0.15, -0.1) is 0 Å². The Hall–Kier alpha value is -2.64. The number of anilines is 1. The van der Waals surface area contributed by atoms with E-state index in [-0.39, 0.29) is 11.7 Å². The number of benzene rings is 1. The van der Waals surface area contributed by atoms with E-state index in [1.807, 2.05) is 12.1 Å². The largest absolute Gasteiger partial charge is 0.507 e. The number of carbonyl (C=O) groups is 1. The fourth-order valence-electron chi connectivity index (χ4n) is 4.06. The van der Waals surface area contributed by atoms with Crippen LogP contribution in [0.4, 0.5) is 5.82 Å². The number of nitrogens with one attached hydrogen (secondary N) is 2. The average Bonchev–Trinajstić information content (AvgIpc) is 3.59. The second-order valence-corrected chi connectivity index (χ2v) is 8.07. The summed E-state index contributed by atoms with van der Waals surface area (Å²) in [6.07, 6.45) is 5.12. The monoisotopic (exact) mass is 411 g/mol. The zero-order valence-electron chi connectivity index (χ0n) is 17.3. The number of nitrogens with zero attached hydrogens (tertiary/aromatic N) is 1. The van der Waals surface area contributed by atoms with Gasteiger partial charge in [0.2, 0.25) is 6.41 Å². The topological polar surface area (TPSA) is 92.7 Å². The summed E-state index contributed by atoms with van der Waals surface area (Å²) in [4.78, 5) is 16.0. The van der Waals surface area contributed by atoms with E-state index in [2.05, 4.69) is 15.6 Å². The summed E-state index contributed by atoms with van der Waals surface area (Å²) in [5.74, 6) is 2.05. The highest BCUT2D eigenvalue weighted by molar-refractivity contribution is 5.79. The molecule has 1 saturated carbocycles. The minimum Gasteiger partial charge on any atom is -0.507 e. The van der Waals surface area contributed by atoms with Crippen LogP contribution in [-0.4, -0.2) is 43.3 Å². The van der Waals surface area contributed by atoms with E-state index in [0.29, 0.717) is 48.4 Å². The lowest BCUT2D eigenvalue weighted by molar-refractivity contribution is -0.105. The molecule has 30 heavy (non-hydrogen) atoms. The molecule has 4 rings (SSSR count). The van der Waals surface area contributed by atoms with Crippen molar-refractivity contribution >= 4 is 12.2 Å². The Bertz CT molecular complexity index is 892. The Kier molecular flexibility index (Phi) is 6.50. The van der Waals surface area contributed by atoms with Crippen LogP contribution in [0.1, 0.15) is 42.7 Å². The van der Waals surface area contributed by atoms with Crippen molar-refractivity contribution in [1.82, 2.24) is 10.3 Å². The molecule has 7 heteroatoms. The Morgan fingerprint density at radius 3 is 2.90 bits per heavy atom. The quantitative estimate of drug-likeness (QED) is 0.548. The molecule has 1 atom stereocenters. The number of piperidine rings is 1. The molecule has 2 aromatic rings. The Morgan fingerprint density at radius 1 is 1.33 bits per heavy atom.